The first kappa shape index (κ1) is 37.3. The minimum Gasteiger partial charge on any atom is -0.457 e. The molecule has 3 heterocycles. The lowest BCUT2D eigenvalue weighted by atomic mass is 9.66. The minimum atomic E-state index is -0.640. The van der Waals surface area contributed by atoms with Gasteiger partial charge >= 0.3 is 0 Å². The zero-order chi connectivity index (χ0) is 44.6. The van der Waals surface area contributed by atoms with Crippen molar-refractivity contribution in [1.29, 1.82) is 0 Å². The second-order valence-electron chi connectivity index (χ2n) is 18.1. The zero-order valence-electron chi connectivity index (χ0n) is 36.5. The fourth-order valence-corrected chi connectivity index (χ4v) is 12.3. The van der Waals surface area contributed by atoms with Gasteiger partial charge in [-0.1, -0.05) is 194 Å². The van der Waals surface area contributed by atoms with Crippen molar-refractivity contribution in [3.05, 3.63) is 269 Å². The maximum absolute atomic E-state index is 6.67. The summed E-state index contributed by atoms with van der Waals surface area (Å²) in [7, 11) is 0. The highest BCUT2D eigenvalue weighted by Crippen LogP contribution is 2.65. The summed E-state index contributed by atoms with van der Waals surface area (Å²) in [4.78, 5) is 16.6. The minimum absolute atomic E-state index is 0.607. The molecule has 1 aromatic heterocycles. The summed E-state index contributed by atoms with van der Waals surface area (Å²) >= 11 is 0. The Hall–Kier alpha value is -8.93. The molecule has 0 radical (unpaired) electrons. The lowest BCUT2D eigenvalue weighted by Crippen LogP contribution is -2.32. The number of ether oxygens (including phenoxy) is 2. The van der Waals surface area contributed by atoms with E-state index in [1.807, 2.05) is 0 Å². The van der Waals surface area contributed by atoms with E-state index in [1.54, 1.807) is 0 Å². The van der Waals surface area contributed by atoms with Crippen molar-refractivity contribution in [1.82, 2.24) is 15.0 Å². The van der Waals surface area contributed by atoms with Crippen molar-refractivity contribution in [2.75, 3.05) is 0 Å². The number of aromatic nitrogens is 3. The van der Waals surface area contributed by atoms with Gasteiger partial charge in [0.1, 0.15) is 23.0 Å². The van der Waals surface area contributed by atoms with Crippen LogP contribution < -0.4 is 9.47 Å². The summed E-state index contributed by atoms with van der Waals surface area (Å²) in [6, 6.07) is 79.8. The molecule has 0 unspecified atom stereocenters. The van der Waals surface area contributed by atoms with Gasteiger partial charge in [0.2, 0.25) is 0 Å². The van der Waals surface area contributed by atoms with Gasteiger partial charge in [0.25, 0.3) is 0 Å². The van der Waals surface area contributed by atoms with Gasteiger partial charge in [0, 0.05) is 38.9 Å². The predicted molar refractivity (Wildman–Crippen MR) is 268 cm³/mol. The van der Waals surface area contributed by atoms with E-state index in [1.165, 1.54) is 22.3 Å². The molecule has 68 heavy (non-hydrogen) atoms. The molecule has 2 spiro atoms. The SMILES string of the molecule is c1ccc2c(c1)Oc1ccccc1C21c2ccccc2-c2c(-c3nc(-c4ccc5ccccc5c4)nc(-c4cccc5c4-c4ccccc4C54c5ccccc5Oc5ccccc54)n3)cccc21. The maximum Gasteiger partial charge on any atom is 0.164 e. The van der Waals surface area contributed by atoms with Crippen molar-refractivity contribution in [2.24, 2.45) is 0 Å². The van der Waals surface area contributed by atoms with Crippen LogP contribution in [0.4, 0.5) is 0 Å². The Kier molecular flexibility index (Phi) is 7.57. The van der Waals surface area contributed by atoms with Gasteiger partial charge in [0.05, 0.1) is 10.8 Å². The number of hydrogen-bond acceptors (Lipinski definition) is 5. The highest BCUT2D eigenvalue weighted by Gasteiger charge is 2.53. The molecule has 4 aliphatic rings. The van der Waals surface area contributed by atoms with Crippen molar-refractivity contribution in [3.8, 4) is 79.4 Å². The summed E-state index contributed by atoms with van der Waals surface area (Å²) in [5.74, 6) is 5.23. The van der Waals surface area contributed by atoms with Gasteiger partial charge < -0.3 is 9.47 Å². The molecular formula is C63H37N3O2. The van der Waals surface area contributed by atoms with Gasteiger partial charge in [-0.25, -0.2) is 15.0 Å². The first-order valence-corrected chi connectivity index (χ1v) is 23.2. The smallest absolute Gasteiger partial charge is 0.164 e. The molecule has 316 valence electrons. The number of hydrogen-bond donors (Lipinski definition) is 0. The van der Waals surface area contributed by atoms with Crippen LogP contribution in [0.15, 0.2) is 224 Å². The average Bonchev–Trinajstić information content (AvgIpc) is 3.87. The molecular weight excluding hydrogens is 831 g/mol. The van der Waals surface area contributed by atoms with Crippen molar-refractivity contribution in [2.45, 2.75) is 10.8 Å². The maximum atomic E-state index is 6.67. The van der Waals surface area contributed by atoms with E-state index >= 15 is 0 Å². The summed E-state index contributed by atoms with van der Waals surface area (Å²) < 4.78 is 13.3. The first-order valence-electron chi connectivity index (χ1n) is 23.2. The van der Waals surface area contributed by atoms with E-state index in [2.05, 4.69) is 224 Å². The molecule has 11 aromatic rings. The molecule has 0 saturated heterocycles. The lowest BCUT2D eigenvalue weighted by molar-refractivity contribution is 0.436. The summed E-state index contributed by atoms with van der Waals surface area (Å²) in [5, 5.41) is 2.28. The Balaban J connectivity index is 1.02. The van der Waals surface area contributed by atoms with Crippen LogP contribution in [0.2, 0.25) is 0 Å². The molecule has 5 heteroatoms. The molecule has 0 atom stereocenters. The van der Waals surface area contributed by atoms with Crippen LogP contribution in [0.1, 0.15) is 44.5 Å². The zero-order valence-corrected chi connectivity index (χ0v) is 36.5. The molecule has 2 aliphatic carbocycles. The van der Waals surface area contributed by atoms with Crippen LogP contribution in [0.25, 0.3) is 67.2 Å². The molecule has 15 rings (SSSR count). The predicted octanol–water partition coefficient (Wildman–Crippen LogP) is 15.0. The Morgan fingerprint density at radius 2 is 0.618 bits per heavy atom. The lowest BCUT2D eigenvalue weighted by Gasteiger charge is -2.39. The number of benzene rings is 10. The quantitative estimate of drug-likeness (QED) is 0.177. The van der Waals surface area contributed by atoms with Crippen LogP contribution in [0.3, 0.4) is 0 Å². The highest BCUT2D eigenvalue weighted by molar-refractivity contribution is 5.98. The summed E-state index contributed by atoms with van der Waals surface area (Å²) in [6.07, 6.45) is 0. The third-order valence-corrected chi connectivity index (χ3v) is 14.9. The van der Waals surface area contributed by atoms with E-state index in [-0.39, 0.29) is 0 Å². The van der Waals surface area contributed by atoms with Gasteiger partial charge in [-0.15, -0.1) is 0 Å². The van der Waals surface area contributed by atoms with Crippen LogP contribution in [-0.2, 0) is 10.8 Å². The second-order valence-corrected chi connectivity index (χ2v) is 18.1. The van der Waals surface area contributed by atoms with Gasteiger partial charge in [0.15, 0.2) is 17.5 Å². The van der Waals surface area contributed by atoms with Gasteiger partial charge in [-0.3, -0.25) is 0 Å². The number of para-hydroxylation sites is 4. The molecule has 0 amide bonds. The molecule has 2 aliphatic heterocycles. The van der Waals surface area contributed by atoms with E-state index in [4.69, 9.17) is 24.4 Å². The van der Waals surface area contributed by atoms with Crippen LogP contribution in [-0.4, -0.2) is 15.0 Å². The van der Waals surface area contributed by atoms with E-state index in [0.29, 0.717) is 17.5 Å². The van der Waals surface area contributed by atoms with Gasteiger partial charge in [-0.2, -0.15) is 0 Å². The number of nitrogens with zero attached hydrogens (tertiary/aromatic N) is 3. The summed E-state index contributed by atoms with van der Waals surface area (Å²) in [6.45, 7) is 0. The van der Waals surface area contributed by atoms with E-state index < -0.39 is 10.8 Å². The first-order chi connectivity index (χ1) is 33.7. The Bertz CT molecular complexity index is 3660. The Morgan fingerprint density at radius 3 is 1.09 bits per heavy atom. The number of rotatable bonds is 3. The van der Waals surface area contributed by atoms with Crippen molar-refractivity contribution in [3.63, 3.8) is 0 Å². The van der Waals surface area contributed by atoms with Crippen LogP contribution in [0.5, 0.6) is 23.0 Å². The molecule has 0 bridgehead atoms. The standard InChI is InChI=1S/C63H37N3O2/c1-2-18-39-37-40(36-35-38(39)17-1)59-64-60(43-21-15-29-51-57(43)41-19-3-5-23-45(41)62(51)47-25-7-11-31-53(47)67-54-32-12-8-26-48(54)62)66-61(65-59)44-22-16-30-52-58(44)42-20-4-6-24-46(42)63(52)49-27-9-13-33-55(49)68-56-34-14-10-28-50(56)63/h1-37H. The molecule has 10 aromatic carbocycles. The Morgan fingerprint density at radius 1 is 0.265 bits per heavy atom. The van der Waals surface area contributed by atoms with E-state index in [9.17, 15) is 0 Å². The molecule has 0 N–H and O–H groups in total. The Labute approximate surface area is 392 Å². The fourth-order valence-electron chi connectivity index (χ4n) is 12.3. The normalized spacial score (nSPS) is 14.4. The van der Waals surface area contributed by atoms with Crippen LogP contribution in [0, 0.1) is 0 Å². The van der Waals surface area contributed by atoms with Crippen LogP contribution >= 0.6 is 0 Å². The van der Waals surface area contributed by atoms with E-state index in [0.717, 1.165) is 95.0 Å². The van der Waals surface area contributed by atoms with Gasteiger partial charge in [-0.05, 0) is 85.6 Å². The van der Waals surface area contributed by atoms with Crippen molar-refractivity contribution < 1.29 is 9.47 Å². The fraction of sp³-hybridized carbons (Fsp3) is 0.0317. The average molecular weight is 868 g/mol. The second kappa shape index (κ2) is 13.8. The van der Waals surface area contributed by atoms with Crippen molar-refractivity contribution >= 4 is 10.8 Å². The summed E-state index contributed by atoms with van der Waals surface area (Å²) in [5.41, 5.74) is 15.2. The topological polar surface area (TPSA) is 57.1 Å². The third kappa shape index (κ3) is 4.81. The molecule has 0 fully saturated rings. The molecule has 5 nitrogen and oxygen atoms in total. The largest absolute Gasteiger partial charge is 0.457 e. The monoisotopic (exact) mass is 867 g/mol. The number of fused-ring (bicyclic) bond motifs is 19. The third-order valence-electron chi connectivity index (χ3n) is 14.9. The highest BCUT2D eigenvalue weighted by atomic mass is 16.5. The molecule has 0 saturated carbocycles.